The number of rotatable bonds is 7. The molecule has 0 saturated carbocycles. The normalized spacial score (nSPS) is 11.3. The third-order valence-corrected chi connectivity index (χ3v) is 3.11. The van der Waals surface area contributed by atoms with Crippen LogP contribution in [0.1, 0.15) is 44.5 Å². The van der Waals surface area contributed by atoms with Gasteiger partial charge < -0.3 is 15.2 Å². The molecule has 0 unspecified atom stereocenters. The van der Waals surface area contributed by atoms with Gasteiger partial charge in [-0.05, 0) is 46.2 Å². The molecular weight excluding hydrogens is 270 g/mol. The van der Waals surface area contributed by atoms with Crippen LogP contribution in [0.2, 0.25) is 0 Å². The van der Waals surface area contributed by atoms with Gasteiger partial charge in [-0.3, -0.25) is 9.59 Å². The van der Waals surface area contributed by atoms with Crippen LogP contribution < -0.4 is 10.1 Å². The molecule has 0 aliphatic heterocycles. The van der Waals surface area contributed by atoms with Crippen LogP contribution >= 0.6 is 0 Å². The highest BCUT2D eigenvalue weighted by molar-refractivity contribution is 5.96. The van der Waals surface area contributed by atoms with Crippen LogP contribution in [0.15, 0.2) is 24.3 Å². The van der Waals surface area contributed by atoms with E-state index in [0.29, 0.717) is 24.3 Å². The summed E-state index contributed by atoms with van der Waals surface area (Å²) in [6.07, 6.45) is 0.339. The molecule has 5 nitrogen and oxygen atoms in total. The lowest BCUT2D eigenvalue weighted by Crippen LogP contribution is -2.32. The molecule has 116 valence electrons. The number of para-hydroxylation sites is 1. The molecule has 1 aromatic rings. The van der Waals surface area contributed by atoms with Crippen LogP contribution in [0, 0.1) is 5.41 Å². The second-order valence-corrected chi connectivity index (χ2v) is 5.86. The molecule has 0 spiro atoms. The highest BCUT2D eigenvalue weighted by Gasteiger charge is 2.26. The van der Waals surface area contributed by atoms with E-state index in [1.54, 1.807) is 32.0 Å². The summed E-state index contributed by atoms with van der Waals surface area (Å²) in [5.74, 6) is -0.602. The average molecular weight is 293 g/mol. The summed E-state index contributed by atoms with van der Waals surface area (Å²) in [5, 5.41) is 11.8. The maximum absolute atomic E-state index is 12.2. The van der Waals surface area contributed by atoms with Crippen molar-refractivity contribution in [1.82, 2.24) is 5.32 Å². The van der Waals surface area contributed by atoms with E-state index in [-0.39, 0.29) is 12.0 Å². The summed E-state index contributed by atoms with van der Waals surface area (Å²) in [6, 6.07) is 7.01. The molecule has 0 aromatic heterocycles. The number of ether oxygens (including phenoxy) is 1. The van der Waals surface area contributed by atoms with Crippen LogP contribution in [0.25, 0.3) is 0 Å². The minimum Gasteiger partial charge on any atom is -0.490 e. The first kappa shape index (κ1) is 17.0. The number of hydrogen-bond donors (Lipinski definition) is 2. The van der Waals surface area contributed by atoms with E-state index in [0.717, 1.165) is 0 Å². The van der Waals surface area contributed by atoms with Gasteiger partial charge in [-0.15, -0.1) is 0 Å². The molecular formula is C16H23NO4. The number of carbonyl (C=O) groups excluding carboxylic acids is 1. The van der Waals surface area contributed by atoms with Crippen LogP contribution in [-0.4, -0.2) is 29.6 Å². The topological polar surface area (TPSA) is 75.6 Å². The van der Waals surface area contributed by atoms with Gasteiger partial charge in [0.1, 0.15) is 5.75 Å². The molecule has 5 heteroatoms. The molecule has 2 N–H and O–H groups in total. The number of hydrogen-bond acceptors (Lipinski definition) is 3. The van der Waals surface area contributed by atoms with E-state index in [1.165, 1.54) is 0 Å². The second kappa shape index (κ2) is 7.11. The smallest absolute Gasteiger partial charge is 0.309 e. The SMILES string of the molecule is CC(C)Oc1ccccc1C(=O)NCCC(C)(C)C(=O)O. The van der Waals surface area contributed by atoms with Crippen molar-refractivity contribution in [3.05, 3.63) is 29.8 Å². The van der Waals surface area contributed by atoms with Crippen molar-refractivity contribution in [2.45, 2.75) is 40.2 Å². The first-order valence-electron chi connectivity index (χ1n) is 7.01. The predicted molar refractivity (Wildman–Crippen MR) is 80.6 cm³/mol. The molecule has 0 bridgehead atoms. The van der Waals surface area contributed by atoms with Gasteiger partial charge in [0.05, 0.1) is 17.1 Å². The third kappa shape index (κ3) is 5.10. The third-order valence-electron chi connectivity index (χ3n) is 3.11. The molecule has 1 rings (SSSR count). The van der Waals surface area contributed by atoms with Crippen molar-refractivity contribution in [2.75, 3.05) is 6.54 Å². The van der Waals surface area contributed by atoms with Crippen LogP contribution in [-0.2, 0) is 4.79 Å². The number of amides is 1. The van der Waals surface area contributed by atoms with E-state index in [4.69, 9.17) is 9.84 Å². The average Bonchev–Trinajstić information content (AvgIpc) is 2.38. The standard InChI is InChI=1S/C16H23NO4/c1-11(2)21-13-8-6-5-7-12(13)14(18)17-10-9-16(3,4)15(19)20/h5-8,11H,9-10H2,1-4H3,(H,17,18)(H,19,20). The Morgan fingerprint density at radius 2 is 1.90 bits per heavy atom. The highest BCUT2D eigenvalue weighted by Crippen LogP contribution is 2.21. The van der Waals surface area contributed by atoms with Crippen molar-refractivity contribution in [3.63, 3.8) is 0 Å². The first-order chi connectivity index (χ1) is 9.74. The fraction of sp³-hybridized carbons (Fsp3) is 0.500. The van der Waals surface area contributed by atoms with Gasteiger partial charge in [0.2, 0.25) is 0 Å². The first-order valence-corrected chi connectivity index (χ1v) is 7.01. The Labute approximate surface area is 125 Å². The van der Waals surface area contributed by atoms with Crippen molar-refractivity contribution < 1.29 is 19.4 Å². The van der Waals surface area contributed by atoms with Gasteiger partial charge in [0.15, 0.2) is 0 Å². The Kier molecular flexibility index (Phi) is 5.76. The minimum absolute atomic E-state index is 0.0232. The van der Waals surface area contributed by atoms with Crippen molar-refractivity contribution >= 4 is 11.9 Å². The number of carboxylic acids is 1. The fourth-order valence-electron chi connectivity index (χ4n) is 1.70. The van der Waals surface area contributed by atoms with E-state index in [9.17, 15) is 9.59 Å². The molecule has 0 radical (unpaired) electrons. The number of carbonyl (C=O) groups is 2. The summed E-state index contributed by atoms with van der Waals surface area (Å²) in [7, 11) is 0. The molecule has 0 fully saturated rings. The lowest BCUT2D eigenvalue weighted by Gasteiger charge is -2.19. The van der Waals surface area contributed by atoms with Crippen molar-refractivity contribution in [1.29, 1.82) is 0 Å². The number of aliphatic carboxylic acids is 1. The van der Waals surface area contributed by atoms with Gasteiger partial charge >= 0.3 is 5.97 Å². The summed E-state index contributed by atoms with van der Waals surface area (Å²) in [6.45, 7) is 7.36. The molecule has 0 aliphatic carbocycles. The van der Waals surface area contributed by atoms with E-state index >= 15 is 0 Å². The van der Waals surface area contributed by atoms with Gasteiger partial charge in [0, 0.05) is 6.54 Å². The quantitative estimate of drug-likeness (QED) is 0.810. The summed E-state index contributed by atoms with van der Waals surface area (Å²) in [4.78, 5) is 23.2. The lowest BCUT2D eigenvalue weighted by atomic mass is 9.90. The van der Waals surface area contributed by atoms with Crippen LogP contribution in [0.5, 0.6) is 5.75 Å². The molecule has 0 saturated heterocycles. The van der Waals surface area contributed by atoms with Gasteiger partial charge in [-0.25, -0.2) is 0 Å². The molecule has 0 atom stereocenters. The molecule has 0 aliphatic rings. The zero-order chi connectivity index (χ0) is 16.0. The Morgan fingerprint density at radius 3 is 2.48 bits per heavy atom. The maximum Gasteiger partial charge on any atom is 0.309 e. The number of benzene rings is 1. The highest BCUT2D eigenvalue weighted by atomic mass is 16.5. The Morgan fingerprint density at radius 1 is 1.29 bits per heavy atom. The molecule has 1 amide bonds. The van der Waals surface area contributed by atoms with Crippen LogP contribution in [0.4, 0.5) is 0 Å². The second-order valence-electron chi connectivity index (χ2n) is 5.86. The Hall–Kier alpha value is -2.04. The van der Waals surface area contributed by atoms with Gasteiger partial charge in [0.25, 0.3) is 5.91 Å². The Bertz CT molecular complexity index is 509. The zero-order valence-electron chi connectivity index (χ0n) is 13.0. The van der Waals surface area contributed by atoms with E-state index in [2.05, 4.69) is 5.32 Å². The number of nitrogens with one attached hydrogen (secondary N) is 1. The summed E-state index contributed by atoms with van der Waals surface area (Å²) < 4.78 is 5.60. The minimum atomic E-state index is -0.875. The van der Waals surface area contributed by atoms with E-state index < -0.39 is 11.4 Å². The Balaban J connectivity index is 2.66. The predicted octanol–water partition coefficient (Wildman–Crippen LogP) is 2.70. The monoisotopic (exact) mass is 293 g/mol. The largest absolute Gasteiger partial charge is 0.490 e. The van der Waals surface area contributed by atoms with E-state index in [1.807, 2.05) is 19.9 Å². The molecule has 0 heterocycles. The molecule has 21 heavy (non-hydrogen) atoms. The number of carboxylic acid groups (broad SMARTS) is 1. The summed E-state index contributed by atoms with van der Waals surface area (Å²) in [5.41, 5.74) is -0.402. The molecule has 1 aromatic carbocycles. The lowest BCUT2D eigenvalue weighted by molar-refractivity contribution is -0.147. The maximum atomic E-state index is 12.2. The van der Waals surface area contributed by atoms with Crippen LogP contribution in [0.3, 0.4) is 0 Å². The van der Waals surface area contributed by atoms with Gasteiger partial charge in [-0.1, -0.05) is 12.1 Å². The van der Waals surface area contributed by atoms with Crippen molar-refractivity contribution in [3.8, 4) is 5.75 Å². The zero-order valence-corrected chi connectivity index (χ0v) is 13.0. The van der Waals surface area contributed by atoms with Crippen molar-refractivity contribution in [2.24, 2.45) is 5.41 Å². The van der Waals surface area contributed by atoms with Gasteiger partial charge in [-0.2, -0.15) is 0 Å². The summed E-state index contributed by atoms with van der Waals surface area (Å²) >= 11 is 0. The fourth-order valence-corrected chi connectivity index (χ4v) is 1.70.